The molecule has 2 aromatic carbocycles. The Morgan fingerprint density at radius 2 is 1.35 bits per heavy atom. The zero-order valence-electron chi connectivity index (χ0n) is 16.0. The normalized spacial score (nSPS) is 21.8. The molecule has 2 atom stereocenters. The first kappa shape index (κ1) is 19.1. The van der Waals surface area contributed by atoms with Crippen LogP contribution in [0.3, 0.4) is 0 Å². The van der Waals surface area contributed by atoms with Gasteiger partial charge in [0.1, 0.15) is 0 Å². The molecule has 3 nitrogen and oxygen atoms in total. The molecule has 0 saturated heterocycles. The largest absolute Gasteiger partial charge is 0.376 e. The molecule has 0 radical (unpaired) electrons. The van der Waals surface area contributed by atoms with Crippen molar-refractivity contribution in [1.82, 2.24) is 5.32 Å². The topological polar surface area (TPSA) is 30.5 Å². The minimum atomic E-state index is 0.0939. The summed E-state index contributed by atoms with van der Waals surface area (Å²) in [5.74, 6) is 0.639. The Morgan fingerprint density at radius 3 is 1.77 bits per heavy atom. The Labute approximate surface area is 157 Å². The van der Waals surface area contributed by atoms with Crippen LogP contribution >= 0.6 is 0 Å². The van der Waals surface area contributed by atoms with Crippen molar-refractivity contribution in [2.75, 3.05) is 20.3 Å². The Kier molecular flexibility index (Phi) is 6.84. The van der Waals surface area contributed by atoms with Crippen molar-refractivity contribution in [3.63, 3.8) is 0 Å². The molecule has 0 spiro atoms. The van der Waals surface area contributed by atoms with Gasteiger partial charge in [-0.1, -0.05) is 67.6 Å². The minimum absolute atomic E-state index is 0.0939. The van der Waals surface area contributed by atoms with Crippen LogP contribution in [0.25, 0.3) is 0 Å². The minimum Gasteiger partial charge on any atom is -0.376 e. The molecular formula is C23H31NO2. The average molecular weight is 354 g/mol. The molecule has 26 heavy (non-hydrogen) atoms. The molecule has 1 aliphatic carbocycles. The third-order valence-electron chi connectivity index (χ3n) is 5.51. The molecule has 0 bridgehead atoms. The summed E-state index contributed by atoms with van der Waals surface area (Å²) in [4.78, 5) is 0. The fraction of sp³-hybridized carbons (Fsp3) is 0.478. The van der Waals surface area contributed by atoms with Crippen LogP contribution in [0.4, 0.5) is 0 Å². The fourth-order valence-corrected chi connectivity index (χ4v) is 4.16. The average Bonchev–Trinajstić information content (AvgIpc) is 2.99. The quantitative estimate of drug-likeness (QED) is 0.724. The third kappa shape index (κ3) is 5.16. The second-order valence-corrected chi connectivity index (χ2v) is 7.74. The maximum Gasteiger partial charge on any atom is 0.0717 e. The van der Waals surface area contributed by atoms with Gasteiger partial charge in [0.25, 0.3) is 0 Å². The van der Waals surface area contributed by atoms with Gasteiger partial charge >= 0.3 is 0 Å². The predicted molar refractivity (Wildman–Crippen MR) is 106 cm³/mol. The molecule has 0 amide bonds. The monoisotopic (exact) mass is 353 g/mol. The fourth-order valence-electron chi connectivity index (χ4n) is 4.16. The summed E-state index contributed by atoms with van der Waals surface area (Å²) in [6.45, 7) is 5.16. The Morgan fingerprint density at radius 1 is 0.846 bits per heavy atom. The second-order valence-electron chi connectivity index (χ2n) is 7.74. The van der Waals surface area contributed by atoms with Crippen molar-refractivity contribution in [2.24, 2.45) is 11.3 Å². The molecule has 3 rings (SSSR count). The summed E-state index contributed by atoms with van der Waals surface area (Å²) in [5.41, 5.74) is 2.55. The molecule has 0 aliphatic heterocycles. The van der Waals surface area contributed by atoms with Gasteiger partial charge in [0, 0.05) is 11.5 Å². The van der Waals surface area contributed by atoms with Crippen LogP contribution in [0.2, 0.25) is 0 Å². The van der Waals surface area contributed by atoms with Crippen molar-refractivity contribution in [1.29, 1.82) is 0 Å². The molecule has 2 aromatic rings. The number of ether oxygens (including phenoxy) is 2. The number of nitrogens with one attached hydrogen (secondary N) is 1. The lowest BCUT2D eigenvalue weighted by molar-refractivity contribution is -0.0320. The predicted octanol–water partition coefficient (Wildman–Crippen LogP) is 4.42. The van der Waals surface area contributed by atoms with Crippen molar-refractivity contribution in [3.05, 3.63) is 71.8 Å². The van der Waals surface area contributed by atoms with Gasteiger partial charge in [-0.05, 0) is 36.9 Å². The molecule has 0 aromatic heterocycles. The third-order valence-corrected chi connectivity index (χ3v) is 5.51. The number of benzene rings is 2. The summed E-state index contributed by atoms with van der Waals surface area (Å²) in [6.07, 6.45) is 2.25. The van der Waals surface area contributed by atoms with Gasteiger partial charge < -0.3 is 14.8 Å². The first-order valence-electron chi connectivity index (χ1n) is 9.61. The van der Waals surface area contributed by atoms with E-state index < -0.39 is 0 Å². The zero-order chi connectivity index (χ0) is 18.2. The summed E-state index contributed by atoms with van der Waals surface area (Å²) in [5, 5.41) is 3.47. The molecule has 1 N–H and O–H groups in total. The van der Waals surface area contributed by atoms with Gasteiger partial charge in [-0.25, -0.2) is 0 Å². The van der Waals surface area contributed by atoms with Crippen LogP contribution in [-0.4, -0.2) is 26.3 Å². The van der Waals surface area contributed by atoms with E-state index in [1.165, 1.54) is 11.1 Å². The molecule has 0 unspecified atom stereocenters. The first-order valence-corrected chi connectivity index (χ1v) is 9.61. The number of hydrogen-bond acceptors (Lipinski definition) is 3. The van der Waals surface area contributed by atoms with Crippen molar-refractivity contribution in [2.45, 2.75) is 39.0 Å². The van der Waals surface area contributed by atoms with E-state index in [1.54, 1.807) is 0 Å². The van der Waals surface area contributed by atoms with E-state index in [0.717, 1.165) is 26.1 Å². The van der Waals surface area contributed by atoms with Crippen LogP contribution in [0.15, 0.2) is 60.7 Å². The highest BCUT2D eigenvalue weighted by atomic mass is 16.5. The van der Waals surface area contributed by atoms with E-state index in [9.17, 15) is 0 Å². The van der Waals surface area contributed by atoms with E-state index >= 15 is 0 Å². The van der Waals surface area contributed by atoms with Crippen LogP contribution in [0.5, 0.6) is 0 Å². The standard InChI is InChI=1S/C23H31NO2/c1-19-13-23(14-22(19)24-2,17-25-15-20-9-5-3-6-10-20)18-26-16-21-11-7-4-8-12-21/h3-12,19,22,24H,13-18H2,1-2H3/t19-,22-/m1/s1. The van der Waals surface area contributed by atoms with Gasteiger partial charge in [0.15, 0.2) is 0 Å². The van der Waals surface area contributed by atoms with Gasteiger partial charge in [-0.15, -0.1) is 0 Å². The molecule has 0 heterocycles. The van der Waals surface area contributed by atoms with Crippen LogP contribution in [0, 0.1) is 11.3 Å². The van der Waals surface area contributed by atoms with E-state index in [1.807, 2.05) is 12.1 Å². The van der Waals surface area contributed by atoms with Crippen molar-refractivity contribution < 1.29 is 9.47 Å². The van der Waals surface area contributed by atoms with E-state index in [2.05, 4.69) is 67.8 Å². The maximum atomic E-state index is 6.14. The highest BCUT2D eigenvalue weighted by Gasteiger charge is 2.43. The number of rotatable bonds is 9. The molecule has 3 heteroatoms. The van der Waals surface area contributed by atoms with E-state index in [4.69, 9.17) is 9.47 Å². The van der Waals surface area contributed by atoms with Crippen LogP contribution < -0.4 is 5.32 Å². The lowest BCUT2D eigenvalue weighted by atomic mass is 9.87. The lowest BCUT2D eigenvalue weighted by Crippen LogP contribution is -2.33. The molecule has 140 valence electrons. The molecule has 1 saturated carbocycles. The Hall–Kier alpha value is -1.68. The second kappa shape index (κ2) is 9.31. The van der Waals surface area contributed by atoms with Gasteiger partial charge in [0.2, 0.25) is 0 Å². The van der Waals surface area contributed by atoms with Crippen LogP contribution in [-0.2, 0) is 22.7 Å². The molecule has 1 fully saturated rings. The SMILES string of the molecule is CN[C@@H]1CC(COCc2ccccc2)(COCc2ccccc2)C[C@H]1C. The highest BCUT2D eigenvalue weighted by molar-refractivity contribution is 5.14. The first-order chi connectivity index (χ1) is 12.7. The Balaban J connectivity index is 1.57. The van der Waals surface area contributed by atoms with Gasteiger partial charge in [-0.2, -0.15) is 0 Å². The van der Waals surface area contributed by atoms with E-state index in [0.29, 0.717) is 25.2 Å². The van der Waals surface area contributed by atoms with Crippen molar-refractivity contribution in [3.8, 4) is 0 Å². The summed E-state index contributed by atoms with van der Waals surface area (Å²) < 4.78 is 12.3. The summed E-state index contributed by atoms with van der Waals surface area (Å²) in [7, 11) is 2.06. The lowest BCUT2D eigenvalue weighted by Gasteiger charge is -2.29. The summed E-state index contributed by atoms with van der Waals surface area (Å²) in [6, 6.07) is 21.3. The highest BCUT2D eigenvalue weighted by Crippen LogP contribution is 2.42. The van der Waals surface area contributed by atoms with E-state index in [-0.39, 0.29) is 5.41 Å². The smallest absolute Gasteiger partial charge is 0.0717 e. The zero-order valence-corrected chi connectivity index (χ0v) is 16.0. The maximum absolute atomic E-state index is 6.14. The Bertz CT molecular complexity index is 598. The van der Waals surface area contributed by atoms with Gasteiger partial charge in [0.05, 0.1) is 26.4 Å². The van der Waals surface area contributed by atoms with Crippen LogP contribution in [0.1, 0.15) is 30.9 Å². The molecular weight excluding hydrogens is 322 g/mol. The number of hydrogen-bond donors (Lipinski definition) is 1. The van der Waals surface area contributed by atoms with Crippen molar-refractivity contribution >= 4 is 0 Å². The van der Waals surface area contributed by atoms with Gasteiger partial charge in [-0.3, -0.25) is 0 Å². The summed E-state index contributed by atoms with van der Waals surface area (Å²) >= 11 is 0. The molecule has 1 aliphatic rings.